The molecule has 0 aliphatic heterocycles. The molecular formula is C12H13FN2O. The first-order valence-electron chi connectivity index (χ1n) is 4.81. The molecule has 84 valence electrons. The summed E-state index contributed by atoms with van der Waals surface area (Å²) in [6.07, 6.45) is 5.03. The average molecular weight is 220 g/mol. The van der Waals surface area contributed by atoms with E-state index in [-0.39, 0.29) is 18.3 Å². The fourth-order valence-corrected chi connectivity index (χ4v) is 1.19. The van der Waals surface area contributed by atoms with E-state index in [9.17, 15) is 9.18 Å². The normalized spacial score (nSPS) is 9.56. The first-order valence-corrected chi connectivity index (χ1v) is 4.81. The Morgan fingerprint density at radius 1 is 1.62 bits per heavy atom. The summed E-state index contributed by atoms with van der Waals surface area (Å²) in [6.45, 7) is 0.472. The van der Waals surface area contributed by atoms with Gasteiger partial charge in [0, 0.05) is 12.7 Å². The lowest BCUT2D eigenvalue weighted by atomic mass is 10.3. The molecule has 0 fully saturated rings. The first-order chi connectivity index (χ1) is 7.65. The summed E-state index contributed by atoms with van der Waals surface area (Å²) in [7, 11) is 1.59. The highest BCUT2D eigenvalue weighted by Crippen LogP contribution is 2.13. The van der Waals surface area contributed by atoms with E-state index in [1.165, 1.54) is 17.0 Å². The van der Waals surface area contributed by atoms with Crippen LogP contribution >= 0.6 is 0 Å². The van der Waals surface area contributed by atoms with Gasteiger partial charge in [0.1, 0.15) is 5.82 Å². The fraction of sp³-hybridized carbons (Fsp3) is 0.250. The summed E-state index contributed by atoms with van der Waals surface area (Å²) in [5, 5.41) is 2.78. The molecule has 0 unspecified atom stereocenters. The fourth-order valence-electron chi connectivity index (χ4n) is 1.19. The van der Waals surface area contributed by atoms with Gasteiger partial charge in [0.15, 0.2) is 0 Å². The van der Waals surface area contributed by atoms with Crippen LogP contribution in [0, 0.1) is 18.2 Å². The molecule has 0 spiro atoms. The van der Waals surface area contributed by atoms with E-state index in [1.54, 1.807) is 19.2 Å². The Morgan fingerprint density at radius 3 is 3.00 bits per heavy atom. The number of amides is 1. The maximum absolute atomic E-state index is 12.9. The van der Waals surface area contributed by atoms with Crippen molar-refractivity contribution < 1.29 is 9.18 Å². The molecular weight excluding hydrogens is 207 g/mol. The highest BCUT2D eigenvalue weighted by Gasteiger charge is 2.10. The number of carbonyl (C=O) groups is 1. The summed E-state index contributed by atoms with van der Waals surface area (Å²) < 4.78 is 12.9. The Balaban J connectivity index is 2.60. The molecule has 0 atom stereocenters. The van der Waals surface area contributed by atoms with Crippen LogP contribution in [0.15, 0.2) is 24.3 Å². The van der Waals surface area contributed by atoms with Gasteiger partial charge in [0.05, 0.1) is 13.1 Å². The van der Waals surface area contributed by atoms with Crippen molar-refractivity contribution in [1.29, 1.82) is 0 Å². The van der Waals surface area contributed by atoms with Gasteiger partial charge in [-0.1, -0.05) is 12.0 Å². The maximum Gasteiger partial charge on any atom is 0.240 e. The SMILES string of the molecule is C#CCNCC(=O)N(C)c1cccc(F)c1. The van der Waals surface area contributed by atoms with Crippen LogP contribution in [0.3, 0.4) is 0 Å². The minimum Gasteiger partial charge on any atom is -0.314 e. The van der Waals surface area contributed by atoms with Crippen molar-refractivity contribution >= 4 is 11.6 Å². The van der Waals surface area contributed by atoms with Crippen molar-refractivity contribution in [2.24, 2.45) is 0 Å². The highest BCUT2D eigenvalue weighted by atomic mass is 19.1. The standard InChI is InChI=1S/C12H13FN2O/c1-3-7-14-9-12(16)15(2)11-6-4-5-10(13)8-11/h1,4-6,8,14H,7,9H2,2H3. The second-order valence-corrected chi connectivity index (χ2v) is 3.24. The van der Waals surface area contributed by atoms with Crippen LogP contribution < -0.4 is 10.2 Å². The Labute approximate surface area is 94.3 Å². The summed E-state index contributed by atoms with van der Waals surface area (Å²) in [5.74, 6) is 1.84. The van der Waals surface area contributed by atoms with Crippen molar-refractivity contribution in [3.63, 3.8) is 0 Å². The summed E-state index contributed by atoms with van der Waals surface area (Å²) >= 11 is 0. The van der Waals surface area contributed by atoms with Crippen LogP contribution in [0.2, 0.25) is 0 Å². The van der Waals surface area contributed by atoms with E-state index >= 15 is 0 Å². The number of terminal acetylenes is 1. The number of carbonyl (C=O) groups excluding carboxylic acids is 1. The van der Waals surface area contributed by atoms with Crippen molar-refractivity contribution in [2.45, 2.75) is 0 Å². The third-order valence-electron chi connectivity index (χ3n) is 2.07. The Hall–Kier alpha value is -1.86. The largest absolute Gasteiger partial charge is 0.314 e. The number of anilines is 1. The maximum atomic E-state index is 12.9. The van der Waals surface area contributed by atoms with Crippen LogP contribution in [0.25, 0.3) is 0 Å². The van der Waals surface area contributed by atoms with Crippen LogP contribution in [-0.4, -0.2) is 26.0 Å². The predicted molar refractivity (Wildman–Crippen MR) is 61.5 cm³/mol. The van der Waals surface area contributed by atoms with Crippen LogP contribution in [-0.2, 0) is 4.79 Å². The second kappa shape index (κ2) is 5.89. The third kappa shape index (κ3) is 3.37. The van der Waals surface area contributed by atoms with E-state index in [0.717, 1.165) is 0 Å². The third-order valence-corrected chi connectivity index (χ3v) is 2.07. The quantitative estimate of drug-likeness (QED) is 0.606. The smallest absolute Gasteiger partial charge is 0.240 e. The zero-order chi connectivity index (χ0) is 12.0. The molecule has 1 amide bonds. The van der Waals surface area contributed by atoms with Gasteiger partial charge in [-0.2, -0.15) is 0 Å². The summed E-state index contributed by atoms with van der Waals surface area (Å²) in [6, 6.07) is 5.86. The lowest BCUT2D eigenvalue weighted by Crippen LogP contribution is -2.35. The molecule has 1 aromatic rings. The Morgan fingerprint density at radius 2 is 2.38 bits per heavy atom. The lowest BCUT2D eigenvalue weighted by molar-refractivity contribution is -0.117. The predicted octanol–water partition coefficient (Wildman–Crippen LogP) is 1.01. The van der Waals surface area contributed by atoms with E-state index in [1.807, 2.05) is 0 Å². The van der Waals surface area contributed by atoms with Crippen LogP contribution in [0.5, 0.6) is 0 Å². The molecule has 0 bridgehead atoms. The molecule has 3 nitrogen and oxygen atoms in total. The molecule has 0 heterocycles. The van der Waals surface area contributed by atoms with Gasteiger partial charge in [0.25, 0.3) is 0 Å². The van der Waals surface area contributed by atoms with Crippen molar-refractivity contribution in [3.8, 4) is 12.3 Å². The van der Waals surface area contributed by atoms with Gasteiger partial charge in [-0.05, 0) is 18.2 Å². The molecule has 0 saturated carbocycles. The molecule has 0 saturated heterocycles. The van der Waals surface area contributed by atoms with E-state index < -0.39 is 0 Å². The van der Waals surface area contributed by atoms with Gasteiger partial charge in [-0.3, -0.25) is 10.1 Å². The van der Waals surface area contributed by atoms with Gasteiger partial charge < -0.3 is 4.90 Å². The van der Waals surface area contributed by atoms with Crippen molar-refractivity contribution in [1.82, 2.24) is 5.32 Å². The minimum atomic E-state index is -0.367. The van der Waals surface area contributed by atoms with E-state index in [4.69, 9.17) is 6.42 Å². The van der Waals surface area contributed by atoms with E-state index in [0.29, 0.717) is 12.2 Å². The van der Waals surface area contributed by atoms with Crippen LogP contribution in [0.4, 0.5) is 10.1 Å². The molecule has 1 aromatic carbocycles. The summed E-state index contributed by atoms with van der Waals surface area (Å²) in [4.78, 5) is 13.0. The molecule has 16 heavy (non-hydrogen) atoms. The number of benzene rings is 1. The molecule has 0 aromatic heterocycles. The number of likely N-dealkylation sites (N-methyl/N-ethyl adjacent to an activating group) is 1. The van der Waals surface area contributed by atoms with E-state index in [2.05, 4.69) is 11.2 Å². The number of nitrogens with zero attached hydrogens (tertiary/aromatic N) is 1. The topological polar surface area (TPSA) is 32.3 Å². The molecule has 1 N–H and O–H groups in total. The number of halogens is 1. The van der Waals surface area contributed by atoms with Gasteiger partial charge >= 0.3 is 0 Å². The van der Waals surface area contributed by atoms with Gasteiger partial charge in [-0.15, -0.1) is 6.42 Å². The zero-order valence-corrected chi connectivity index (χ0v) is 9.03. The minimum absolute atomic E-state index is 0.136. The van der Waals surface area contributed by atoms with Crippen LogP contribution in [0.1, 0.15) is 0 Å². The Kier molecular flexibility index (Phi) is 4.49. The van der Waals surface area contributed by atoms with Gasteiger partial charge in [-0.25, -0.2) is 4.39 Å². The Bertz CT molecular complexity index is 412. The summed E-state index contributed by atoms with van der Waals surface area (Å²) in [5.41, 5.74) is 0.521. The monoisotopic (exact) mass is 220 g/mol. The highest BCUT2D eigenvalue weighted by molar-refractivity contribution is 5.94. The zero-order valence-electron chi connectivity index (χ0n) is 9.03. The molecule has 0 aliphatic rings. The molecule has 4 heteroatoms. The first kappa shape index (κ1) is 12.2. The number of hydrogen-bond acceptors (Lipinski definition) is 2. The number of rotatable bonds is 4. The number of hydrogen-bond donors (Lipinski definition) is 1. The molecule has 0 radical (unpaired) electrons. The molecule has 0 aliphatic carbocycles. The number of nitrogens with one attached hydrogen (secondary N) is 1. The lowest BCUT2D eigenvalue weighted by Gasteiger charge is -2.17. The second-order valence-electron chi connectivity index (χ2n) is 3.24. The van der Waals surface area contributed by atoms with Gasteiger partial charge in [0.2, 0.25) is 5.91 Å². The molecule has 1 rings (SSSR count). The van der Waals surface area contributed by atoms with Crippen molar-refractivity contribution in [3.05, 3.63) is 30.1 Å². The van der Waals surface area contributed by atoms with Crippen molar-refractivity contribution in [2.75, 3.05) is 25.0 Å². The average Bonchev–Trinajstić information content (AvgIpc) is 2.28.